The van der Waals surface area contributed by atoms with Gasteiger partial charge in [0.25, 0.3) is 0 Å². The lowest BCUT2D eigenvalue weighted by molar-refractivity contribution is 0.454. The van der Waals surface area contributed by atoms with Gasteiger partial charge in [0.05, 0.1) is 3.79 Å². The molecule has 2 heterocycles. The fourth-order valence-corrected chi connectivity index (χ4v) is 3.80. The molecular weight excluding hydrogens is 324 g/mol. The number of halogens is 1. The minimum absolute atomic E-state index is 0.00108. The molecule has 0 fully saturated rings. The van der Waals surface area contributed by atoms with Crippen LogP contribution in [0.25, 0.3) is 0 Å². The van der Waals surface area contributed by atoms with Crippen molar-refractivity contribution in [2.75, 3.05) is 0 Å². The van der Waals surface area contributed by atoms with Gasteiger partial charge in [-0.15, -0.1) is 11.3 Å². The van der Waals surface area contributed by atoms with E-state index >= 15 is 0 Å². The molecule has 3 rings (SSSR count). The third-order valence-corrected chi connectivity index (χ3v) is 5.06. The van der Waals surface area contributed by atoms with Gasteiger partial charge >= 0.3 is 0 Å². The number of hydrogen-bond donors (Lipinski definition) is 2. The Labute approximate surface area is 124 Å². The predicted octanol–water partition coefficient (Wildman–Crippen LogP) is 3.37. The Bertz CT molecular complexity index is 634. The van der Waals surface area contributed by atoms with Gasteiger partial charge in [0, 0.05) is 24.3 Å². The maximum atomic E-state index is 11.4. The molecule has 100 valence electrons. The summed E-state index contributed by atoms with van der Waals surface area (Å²) in [6.45, 7) is 0.866. The summed E-state index contributed by atoms with van der Waals surface area (Å²) in [4.78, 5) is 14.3. The predicted molar refractivity (Wildman–Crippen MR) is 81.6 cm³/mol. The molecule has 0 aromatic carbocycles. The summed E-state index contributed by atoms with van der Waals surface area (Å²) in [5.74, 6) is 0. The Balaban J connectivity index is 1.75. The van der Waals surface area contributed by atoms with Crippen LogP contribution < -0.4 is 10.9 Å². The quantitative estimate of drug-likeness (QED) is 0.901. The summed E-state index contributed by atoms with van der Waals surface area (Å²) >= 11 is 5.19. The standard InChI is InChI=1S/C14H15BrN2OS/c15-13-6-9(8-19-13)7-16-11-2-1-3-12-10(11)4-5-14(18)17-12/h4-6,8,11,16H,1-3,7H2,(H,17,18)/t11-/m0/s1. The molecule has 5 heteroatoms. The molecule has 2 N–H and O–H groups in total. The first-order chi connectivity index (χ1) is 9.22. The highest BCUT2D eigenvalue weighted by Crippen LogP contribution is 2.28. The lowest BCUT2D eigenvalue weighted by Gasteiger charge is -2.25. The number of pyridine rings is 1. The van der Waals surface area contributed by atoms with Crippen LogP contribution >= 0.6 is 27.3 Å². The molecule has 19 heavy (non-hydrogen) atoms. The maximum Gasteiger partial charge on any atom is 0.248 e. The molecule has 0 radical (unpaired) electrons. The van der Waals surface area contributed by atoms with Crippen molar-refractivity contribution in [3.8, 4) is 0 Å². The molecule has 0 unspecified atom stereocenters. The average Bonchev–Trinajstić information content (AvgIpc) is 2.81. The Morgan fingerprint density at radius 2 is 2.37 bits per heavy atom. The van der Waals surface area contributed by atoms with E-state index in [0.29, 0.717) is 6.04 Å². The molecular formula is C14H15BrN2OS. The van der Waals surface area contributed by atoms with Crippen LogP contribution in [0.3, 0.4) is 0 Å². The number of nitrogens with one attached hydrogen (secondary N) is 2. The van der Waals surface area contributed by atoms with Gasteiger partial charge in [0.2, 0.25) is 5.56 Å². The SMILES string of the molecule is O=c1ccc2c([nH]1)CCC[C@@H]2NCc1csc(Br)c1. The largest absolute Gasteiger partial charge is 0.326 e. The number of aromatic nitrogens is 1. The maximum absolute atomic E-state index is 11.4. The van der Waals surface area contributed by atoms with Gasteiger partial charge in [-0.3, -0.25) is 4.79 Å². The molecule has 1 atom stereocenters. The number of rotatable bonds is 3. The van der Waals surface area contributed by atoms with Gasteiger partial charge < -0.3 is 10.3 Å². The van der Waals surface area contributed by atoms with Crippen molar-refractivity contribution in [3.63, 3.8) is 0 Å². The van der Waals surface area contributed by atoms with E-state index in [1.807, 2.05) is 6.07 Å². The molecule has 0 spiro atoms. The van der Waals surface area contributed by atoms with Gasteiger partial charge in [-0.1, -0.05) is 6.07 Å². The van der Waals surface area contributed by atoms with Crippen LogP contribution in [0, 0.1) is 0 Å². The van der Waals surface area contributed by atoms with Gasteiger partial charge in [-0.05, 0) is 57.8 Å². The molecule has 2 aromatic heterocycles. The zero-order valence-corrected chi connectivity index (χ0v) is 12.8. The molecule has 0 aliphatic heterocycles. The normalized spacial score (nSPS) is 18.3. The van der Waals surface area contributed by atoms with Crippen LogP contribution in [0.15, 0.2) is 32.2 Å². The second-order valence-corrected chi connectivity index (χ2v) is 7.13. The van der Waals surface area contributed by atoms with Crippen LogP contribution in [0.1, 0.15) is 35.7 Å². The fourth-order valence-electron chi connectivity index (χ4n) is 2.59. The number of aromatic amines is 1. The first-order valence-electron chi connectivity index (χ1n) is 6.41. The number of fused-ring (bicyclic) bond motifs is 1. The van der Waals surface area contributed by atoms with E-state index in [0.717, 1.165) is 35.3 Å². The summed E-state index contributed by atoms with van der Waals surface area (Å²) in [5.41, 5.74) is 3.65. The van der Waals surface area contributed by atoms with Gasteiger partial charge in [0.15, 0.2) is 0 Å². The van der Waals surface area contributed by atoms with Crippen molar-refractivity contribution in [2.45, 2.75) is 31.8 Å². The van der Waals surface area contributed by atoms with E-state index in [1.54, 1.807) is 17.4 Å². The second kappa shape index (κ2) is 5.61. The Morgan fingerprint density at radius 1 is 1.47 bits per heavy atom. The van der Waals surface area contributed by atoms with Crippen LogP contribution in [0.4, 0.5) is 0 Å². The van der Waals surface area contributed by atoms with Gasteiger partial charge in [0.1, 0.15) is 0 Å². The van der Waals surface area contributed by atoms with Crippen LogP contribution in [0.2, 0.25) is 0 Å². The van der Waals surface area contributed by atoms with Crippen molar-refractivity contribution in [2.24, 2.45) is 0 Å². The monoisotopic (exact) mass is 338 g/mol. The zero-order chi connectivity index (χ0) is 13.2. The number of aryl methyl sites for hydroxylation is 1. The summed E-state index contributed by atoms with van der Waals surface area (Å²) in [5, 5.41) is 5.75. The van der Waals surface area contributed by atoms with Gasteiger partial charge in [-0.25, -0.2) is 0 Å². The fraction of sp³-hybridized carbons (Fsp3) is 0.357. The van der Waals surface area contributed by atoms with E-state index < -0.39 is 0 Å². The van der Waals surface area contributed by atoms with E-state index in [4.69, 9.17) is 0 Å². The molecule has 1 aliphatic rings. The number of hydrogen-bond acceptors (Lipinski definition) is 3. The molecule has 1 aliphatic carbocycles. The van der Waals surface area contributed by atoms with Crippen molar-refractivity contribution in [1.29, 1.82) is 0 Å². The minimum atomic E-state index is 0.00108. The third kappa shape index (κ3) is 2.99. The van der Waals surface area contributed by atoms with E-state index in [1.165, 1.54) is 11.1 Å². The number of H-pyrrole nitrogens is 1. The Kier molecular flexibility index (Phi) is 3.86. The average molecular weight is 339 g/mol. The van der Waals surface area contributed by atoms with E-state index in [2.05, 4.69) is 37.7 Å². The highest BCUT2D eigenvalue weighted by Gasteiger charge is 2.20. The van der Waals surface area contributed by atoms with E-state index in [9.17, 15) is 4.79 Å². The smallest absolute Gasteiger partial charge is 0.248 e. The zero-order valence-electron chi connectivity index (χ0n) is 10.4. The summed E-state index contributed by atoms with van der Waals surface area (Å²) < 4.78 is 1.16. The molecule has 0 saturated heterocycles. The summed E-state index contributed by atoms with van der Waals surface area (Å²) in [6, 6.07) is 6.09. The third-order valence-electron chi connectivity index (χ3n) is 3.51. The van der Waals surface area contributed by atoms with Crippen molar-refractivity contribution in [3.05, 3.63) is 54.5 Å². The topological polar surface area (TPSA) is 44.9 Å². The summed E-state index contributed by atoms with van der Waals surface area (Å²) in [7, 11) is 0. The minimum Gasteiger partial charge on any atom is -0.326 e. The highest BCUT2D eigenvalue weighted by molar-refractivity contribution is 9.11. The molecule has 0 amide bonds. The molecule has 3 nitrogen and oxygen atoms in total. The Morgan fingerprint density at radius 3 is 3.16 bits per heavy atom. The van der Waals surface area contributed by atoms with Crippen LogP contribution in [0.5, 0.6) is 0 Å². The van der Waals surface area contributed by atoms with Crippen LogP contribution in [-0.2, 0) is 13.0 Å². The van der Waals surface area contributed by atoms with Crippen molar-refractivity contribution < 1.29 is 0 Å². The summed E-state index contributed by atoms with van der Waals surface area (Å²) in [6.07, 6.45) is 3.23. The molecule has 0 saturated carbocycles. The molecule has 0 bridgehead atoms. The Hall–Kier alpha value is -0.910. The van der Waals surface area contributed by atoms with Crippen molar-refractivity contribution >= 4 is 27.3 Å². The highest BCUT2D eigenvalue weighted by atomic mass is 79.9. The lowest BCUT2D eigenvalue weighted by Crippen LogP contribution is -2.26. The first-order valence-corrected chi connectivity index (χ1v) is 8.08. The van der Waals surface area contributed by atoms with Gasteiger partial charge in [-0.2, -0.15) is 0 Å². The first kappa shape index (κ1) is 13.1. The number of thiophene rings is 1. The van der Waals surface area contributed by atoms with Crippen LogP contribution in [-0.4, -0.2) is 4.98 Å². The molecule has 2 aromatic rings. The second-order valence-electron chi connectivity index (χ2n) is 4.84. The van der Waals surface area contributed by atoms with Crippen molar-refractivity contribution in [1.82, 2.24) is 10.3 Å². The van der Waals surface area contributed by atoms with E-state index in [-0.39, 0.29) is 5.56 Å². The lowest BCUT2D eigenvalue weighted by atomic mass is 9.91.